The molecule has 72 valence electrons. The number of rotatable bonds is 2. The summed E-state index contributed by atoms with van der Waals surface area (Å²) >= 11 is 4.86. The van der Waals surface area contributed by atoms with Crippen LogP contribution in [0.15, 0.2) is 20.4 Å². The first-order chi connectivity index (χ1) is 6.72. The second-order valence-electron chi connectivity index (χ2n) is 2.73. The highest BCUT2D eigenvalue weighted by Crippen LogP contribution is 2.33. The number of thiophene rings is 1. The van der Waals surface area contributed by atoms with E-state index < -0.39 is 0 Å². The van der Waals surface area contributed by atoms with Crippen LogP contribution in [0.4, 0.5) is 0 Å². The summed E-state index contributed by atoms with van der Waals surface area (Å²) in [6.45, 7) is 1.75. The van der Waals surface area contributed by atoms with E-state index in [4.69, 9.17) is 4.52 Å². The fourth-order valence-electron chi connectivity index (χ4n) is 1.13. The van der Waals surface area contributed by atoms with Gasteiger partial charge in [0.1, 0.15) is 0 Å². The molecule has 0 radical (unpaired) electrons. The number of aromatic nitrogens is 1. The number of nitrogens with zero attached hydrogens (tertiary/aromatic N) is 1. The highest BCUT2D eigenvalue weighted by atomic mass is 79.9. The van der Waals surface area contributed by atoms with Crippen LogP contribution in [0.2, 0.25) is 0 Å². The van der Waals surface area contributed by atoms with Crippen molar-refractivity contribution in [2.75, 3.05) is 0 Å². The molecule has 0 aromatic carbocycles. The molecule has 0 atom stereocenters. The smallest absolute Gasteiger partial charge is 0.187 e. The van der Waals surface area contributed by atoms with E-state index in [0.29, 0.717) is 17.0 Å². The molecule has 0 saturated carbocycles. The molecule has 0 unspecified atom stereocenters. The maximum atomic E-state index is 10.8. The van der Waals surface area contributed by atoms with E-state index in [1.807, 2.05) is 12.1 Å². The van der Waals surface area contributed by atoms with Crippen LogP contribution in [0.1, 0.15) is 16.1 Å². The number of carbonyl (C=O) groups is 1. The van der Waals surface area contributed by atoms with Gasteiger partial charge >= 0.3 is 0 Å². The van der Waals surface area contributed by atoms with E-state index in [9.17, 15) is 4.79 Å². The Morgan fingerprint density at radius 1 is 1.57 bits per heavy atom. The van der Waals surface area contributed by atoms with Crippen molar-refractivity contribution in [3.05, 3.63) is 27.2 Å². The summed E-state index contributed by atoms with van der Waals surface area (Å²) in [6, 6.07) is 3.80. The van der Waals surface area contributed by atoms with Crippen LogP contribution >= 0.6 is 27.3 Å². The van der Waals surface area contributed by atoms with E-state index >= 15 is 0 Å². The lowest BCUT2D eigenvalue weighted by Crippen LogP contribution is -1.82. The molecule has 0 spiro atoms. The van der Waals surface area contributed by atoms with Crippen molar-refractivity contribution in [2.45, 2.75) is 6.92 Å². The normalized spacial score (nSPS) is 10.4. The maximum Gasteiger partial charge on any atom is 0.187 e. The summed E-state index contributed by atoms with van der Waals surface area (Å²) in [5.74, 6) is 0.549. The van der Waals surface area contributed by atoms with Gasteiger partial charge in [-0.05, 0) is 35.0 Å². The lowest BCUT2D eigenvalue weighted by molar-refractivity contribution is 0.112. The third-order valence-electron chi connectivity index (χ3n) is 1.82. The van der Waals surface area contributed by atoms with Crippen molar-refractivity contribution in [2.24, 2.45) is 0 Å². The minimum Gasteiger partial charge on any atom is -0.354 e. The summed E-state index contributed by atoms with van der Waals surface area (Å²) in [7, 11) is 0. The Labute approximate surface area is 92.9 Å². The summed E-state index contributed by atoms with van der Waals surface area (Å²) in [6.07, 6.45) is 0.773. The molecule has 0 bridgehead atoms. The van der Waals surface area contributed by atoms with Crippen LogP contribution in [0.3, 0.4) is 0 Å². The Kier molecular flexibility index (Phi) is 2.52. The van der Waals surface area contributed by atoms with Gasteiger partial charge in [-0.2, -0.15) is 0 Å². The van der Waals surface area contributed by atoms with Gasteiger partial charge in [0.25, 0.3) is 0 Å². The van der Waals surface area contributed by atoms with Gasteiger partial charge in [-0.25, -0.2) is 0 Å². The first-order valence-electron chi connectivity index (χ1n) is 3.89. The van der Waals surface area contributed by atoms with Crippen LogP contribution in [0, 0.1) is 6.92 Å². The van der Waals surface area contributed by atoms with Crippen molar-refractivity contribution in [3.63, 3.8) is 0 Å². The van der Waals surface area contributed by atoms with Crippen LogP contribution in [0.5, 0.6) is 0 Å². The van der Waals surface area contributed by atoms with Gasteiger partial charge in [0.05, 0.1) is 19.9 Å². The summed E-state index contributed by atoms with van der Waals surface area (Å²) in [5.41, 5.74) is 1.15. The Bertz CT molecular complexity index is 475. The number of hydrogen-bond acceptors (Lipinski definition) is 4. The average Bonchev–Trinajstić information content (AvgIpc) is 2.71. The van der Waals surface area contributed by atoms with Crippen molar-refractivity contribution >= 4 is 33.6 Å². The molecule has 0 amide bonds. The molecule has 14 heavy (non-hydrogen) atoms. The standard InChI is InChI=1S/C9H6BrNO2S/c1-5-6(4-12)9(13-11-5)7-2-3-8(10)14-7/h2-4H,1H3. The Morgan fingerprint density at radius 3 is 2.93 bits per heavy atom. The maximum absolute atomic E-state index is 10.8. The first kappa shape index (κ1) is 9.61. The molecular formula is C9H6BrNO2S. The molecule has 3 nitrogen and oxygen atoms in total. The Hall–Kier alpha value is -0.940. The van der Waals surface area contributed by atoms with Crippen molar-refractivity contribution in [3.8, 4) is 10.6 Å². The number of halogens is 1. The molecule has 2 rings (SSSR count). The monoisotopic (exact) mass is 271 g/mol. The topological polar surface area (TPSA) is 43.1 Å². The van der Waals surface area contributed by atoms with Gasteiger partial charge in [0.15, 0.2) is 12.0 Å². The zero-order chi connectivity index (χ0) is 10.1. The quantitative estimate of drug-likeness (QED) is 0.788. The second-order valence-corrected chi connectivity index (χ2v) is 5.20. The molecular weight excluding hydrogens is 266 g/mol. The van der Waals surface area contributed by atoms with Gasteiger partial charge < -0.3 is 4.52 Å². The van der Waals surface area contributed by atoms with E-state index in [0.717, 1.165) is 14.9 Å². The lowest BCUT2D eigenvalue weighted by Gasteiger charge is -1.89. The van der Waals surface area contributed by atoms with E-state index in [-0.39, 0.29) is 0 Å². The van der Waals surface area contributed by atoms with Gasteiger partial charge in [0.2, 0.25) is 0 Å². The number of aryl methyl sites for hydroxylation is 1. The number of aldehydes is 1. The molecule has 0 aliphatic rings. The van der Waals surface area contributed by atoms with Crippen LogP contribution in [-0.2, 0) is 0 Å². The predicted octanol–water partition coefficient (Wildman–Crippen LogP) is 3.29. The molecule has 2 aromatic heterocycles. The van der Waals surface area contributed by atoms with E-state index in [2.05, 4.69) is 21.1 Å². The van der Waals surface area contributed by atoms with Gasteiger partial charge in [-0.3, -0.25) is 4.79 Å². The lowest BCUT2D eigenvalue weighted by atomic mass is 10.2. The van der Waals surface area contributed by atoms with Crippen molar-refractivity contribution in [1.82, 2.24) is 5.16 Å². The highest BCUT2D eigenvalue weighted by molar-refractivity contribution is 9.11. The molecule has 0 N–H and O–H groups in total. The van der Waals surface area contributed by atoms with Crippen LogP contribution in [-0.4, -0.2) is 11.4 Å². The SMILES string of the molecule is Cc1noc(-c2ccc(Br)s2)c1C=O. The highest BCUT2D eigenvalue weighted by Gasteiger charge is 2.15. The average molecular weight is 272 g/mol. The molecule has 5 heteroatoms. The minimum absolute atomic E-state index is 0.527. The Morgan fingerprint density at radius 2 is 2.36 bits per heavy atom. The zero-order valence-corrected chi connectivity index (χ0v) is 9.68. The number of hydrogen-bond donors (Lipinski definition) is 0. The van der Waals surface area contributed by atoms with E-state index in [1.54, 1.807) is 6.92 Å². The third kappa shape index (κ3) is 1.53. The van der Waals surface area contributed by atoms with E-state index in [1.165, 1.54) is 11.3 Å². The molecule has 0 fully saturated rings. The molecule has 2 aromatic rings. The first-order valence-corrected chi connectivity index (χ1v) is 5.50. The summed E-state index contributed by atoms with van der Waals surface area (Å²) in [5, 5.41) is 3.76. The molecule has 2 heterocycles. The fourth-order valence-corrected chi connectivity index (χ4v) is 2.51. The summed E-state index contributed by atoms with van der Waals surface area (Å²) < 4.78 is 6.09. The molecule has 0 saturated heterocycles. The molecule has 0 aliphatic heterocycles. The zero-order valence-electron chi connectivity index (χ0n) is 7.28. The van der Waals surface area contributed by atoms with Gasteiger partial charge in [-0.1, -0.05) is 5.16 Å². The predicted molar refractivity (Wildman–Crippen MR) is 57.6 cm³/mol. The third-order valence-corrected chi connectivity index (χ3v) is 3.45. The van der Waals surface area contributed by atoms with Crippen LogP contribution in [0.25, 0.3) is 10.6 Å². The van der Waals surface area contributed by atoms with Crippen molar-refractivity contribution < 1.29 is 9.32 Å². The fraction of sp³-hybridized carbons (Fsp3) is 0.111. The summed E-state index contributed by atoms with van der Waals surface area (Å²) in [4.78, 5) is 11.7. The second kappa shape index (κ2) is 3.67. The molecule has 0 aliphatic carbocycles. The largest absolute Gasteiger partial charge is 0.354 e. The van der Waals surface area contributed by atoms with Gasteiger partial charge in [0, 0.05) is 0 Å². The van der Waals surface area contributed by atoms with Gasteiger partial charge in [-0.15, -0.1) is 11.3 Å². The number of carbonyl (C=O) groups excluding carboxylic acids is 1. The minimum atomic E-state index is 0.527. The Balaban J connectivity index is 2.56. The van der Waals surface area contributed by atoms with Crippen LogP contribution < -0.4 is 0 Å². The van der Waals surface area contributed by atoms with Crippen molar-refractivity contribution in [1.29, 1.82) is 0 Å².